The van der Waals surface area contributed by atoms with Crippen LogP contribution < -0.4 is 4.74 Å². The fourth-order valence-electron chi connectivity index (χ4n) is 2.89. The Balaban J connectivity index is 1.95. The normalized spacial score (nSPS) is 17.2. The molecular weight excluding hydrogens is 303 g/mol. The Hall–Kier alpha value is -1.18. The largest absolute Gasteiger partial charge is 0.487 e. The van der Waals surface area contributed by atoms with Crippen molar-refractivity contribution in [3.63, 3.8) is 0 Å². The predicted molar refractivity (Wildman–Crippen MR) is 88.7 cm³/mol. The lowest BCUT2D eigenvalue weighted by molar-refractivity contribution is 0.138. The number of hydrogen-bond donors (Lipinski definition) is 0. The van der Waals surface area contributed by atoms with E-state index in [9.17, 15) is 0 Å². The second-order valence-corrected chi connectivity index (χ2v) is 7.14. The lowest BCUT2D eigenvalue weighted by atomic mass is 9.96. The number of aryl methyl sites for hydroxylation is 1. The Morgan fingerprint density at radius 3 is 2.62 bits per heavy atom. The summed E-state index contributed by atoms with van der Waals surface area (Å²) < 4.78 is 5.91. The molecule has 1 nitrogen and oxygen atoms in total. The number of alkyl halides is 1. The van der Waals surface area contributed by atoms with Gasteiger partial charge in [-0.15, -0.1) is 11.6 Å². The first-order chi connectivity index (χ1) is 9.85. The van der Waals surface area contributed by atoms with E-state index in [2.05, 4.69) is 19.9 Å². The second-order valence-electron chi connectivity index (χ2n) is 6.27. The highest BCUT2D eigenvalue weighted by molar-refractivity contribution is 6.30. The van der Waals surface area contributed by atoms with E-state index in [0.29, 0.717) is 0 Å². The van der Waals surface area contributed by atoms with Gasteiger partial charge in [0, 0.05) is 11.4 Å². The molecule has 1 aliphatic rings. The first kappa shape index (κ1) is 14.7. The lowest BCUT2D eigenvalue weighted by Gasteiger charge is -2.16. The molecule has 3 heteroatoms. The van der Waals surface area contributed by atoms with Gasteiger partial charge < -0.3 is 4.74 Å². The molecule has 0 saturated carbocycles. The first-order valence-electron chi connectivity index (χ1n) is 7.08. The predicted octanol–water partition coefficient (Wildman–Crippen LogP) is 5.69. The van der Waals surface area contributed by atoms with Crippen LogP contribution in [0.2, 0.25) is 5.02 Å². The molecule has 2 aromatic carbocycles. The number of benzene rings is 2. The highest BCUT2D eigenvalue weighted by atomic mass is 35.5. The summed E-state index contributed by atoms with van der Waals surface area (Å²) in [5, 5.41) is 0.570. The van der Waals surface area contributed by atoms with E-state index in [1.807, 2.05) is 37.3 Å². The summed E-state index contributed by atoms with van der Waals surface area (Å²) in [6.07, 6.45) is 0.916. The van der Waals surface area contributed by atoms with Gasteiger partial charge in [0.05, 0.1) is 5.38 Å². The van der Waals surface area contributed by atoms with Crippen LogP contribution in [0.15, 0.2) is 36.4 Å². The minimum atomic E-state index is -0.170. The van der Waals surface area contributed by atoms with Gasteiger partial charge in [0.1, 0.15) is 11.4 Å². The Kier molecular flexibility index (Phi) is 3.67. The molecule has 2 aromatic rings. The highest BCUT2D eigenvalue weighted by Crippen LogP contribution is 2.39. The second kappa shape index (κ2) is 5.23. The van der Waals surface area contributed by atoms with Crippen LogP contribution in [0.25, 0.3) is 0 Å². The van der Waals surface area contributed by atoms with E-state index in [4.69, 9.17) is 27.9 Å². The minimum absolute atomic E-state index is 0.126. The van der Waals surface area contributed by atoms with Crippen LogP contribution in [0, 0.1) is 6.92 Å². The van der Waals surface area contributed by atoms with Gasteiger partial charge in [0.2, 0.25) is 0 Å². The summed E-state index contributed by atoms with van der Waals surface area (Å²) >= 11 is 12.7. The smallest absolute Gasteiger partial charge is 0.123 e. The average Bonchev–Trinajstić information content (AvgIpc) is 2.70. The molecule has 0 saturated heterocycles. The number of ether oxygens (including phenoxy) is 1. The monoisotopic (exact) mass is 320 g/mol. The molecule has 0 amide bonds. The zero-order chi connectivity index (χ0) is 15.2. The third-order valence-corrected chi connectivity index (χ3v) is 4.61. The fourth-order valence-corrected chi connectivity index (χ4v) is 3.50. The zero-order valence-electron chi connectivity index (χ0n) is 12.4. The topological polar surface area (TPSA) is 9.23 Å². The van der Waals surface area contributed by atoms with Crippen molar-refractivity contribution in [2.45, 2.75) is 38.2 Å². The molecule has 21 heavy (non-hydrogen) atoms. The molecule has 0 bridgehead atoms. The van der Waals surface area contributed by atoms with Crippen LogP contribution >= 0.6 is 23.2 Å². The van der Waals surface area contributed by atoms with Gasteiger partial charge in [-0.3, -0.25) is 0 Å². The molecule has 1 heterocycles. The van der Waals surface area contributed by atoms with Crippen molar-refractivity contribution in [1.82, 2.24) is 0 Å². The quantitative estimate of drug-likeness (QED) is 0.646. The molecule has 1 aliphatic heterocycles. The third kappa shape index (κ3) is 2.90. The van der Waals surface area contributed by atoms with E-state index in [-0.39, 0.29) is 11.0 Å². The maximum atomic E-state index is 6.68. The number of rotatable bonds is 2. The van der Waals surface area contributed by atoms with Gasteiger partial charge in [0.25, 0.3) is 0 Å². The summed E-state index contributed by atoms with van der Waals surface area (Å²) in [6, 6.07) is 12.1. The lowest BCUT2D eigenvalue weighted by Crippen LogP contribution is -2.24. The molecule has 0 aromatic heterocycles. The van der Waals surface area contributed by atoms with Crippen molar-refractivity contribution in [2.24, 2.45) is 0 Å². The summed E-state index contributed by atoms with van der Waals surface area (Å²) in [5.74, 6) is 0.973. The van der Waals surface area contributed by atoms with E-state index < -0.39 is 0 Å². The zero-order valence-corrected chi connectivity index (χ0v) is 13.9. The summed E-state index contributed by atoms with van der Waals surface area (Å²) in [6.45, 7) is 6.25. The molecular formula is C18H18Cl2O. The Morgan fingerprint density at radius 1 is 1.14 bits per heavy atom. The number of fused-ring (bicyclic) bond motifs is 1. The van der Waals surface area contributed by atoms with Crippen molar-refractivity contribution < 1.29 is 4.74 Å². The highest BCUT2D eigenvalue weighted by Gasteiger charge is 2.30. The molecule has 3 rings (SSSR count). The number of hydrogen-bond acceptors (Lipinski definition) is 1. The van der Waals surface area contributed by atoms with Crippen LogP contribution in [0.1, 0.15) is 41.5 Å². The van der Waals surface area contributed by atoms with Gasteiger partial charge >= 0.3 is 0 Å². The van der Waals surface area contributed by atoms with E-state index in [1.54, 1.807) is 0 Å². The van der Waals surface area contributed by atoms with Gasteiger partial charge in [0.15, 0.2) is 0 Å². The summed E-state index contributed by atoms with van der Waals surface area (Å²) in [5.41, 5.74) is 4.41. The van der Waals surface area contributed by atoms with Crippen LogP contribution in [-0.2, 0) is 6.42 Å². The van der Waals surface area contributed by atoms with Crippen molar-refractivity contribution >= 4 is 23.2 Å². The first-order valence-corrected chi connectivity index (χ1v) is 7.89. The van der Waals surface area contributed by atoms with E-state index in [0.717, 1.165) is 33.9 Å². The summed E-state index contributed by atoms with van der Waals surface area (Å²) in [7, 11) is 0. The molecule has 110 valence electrons. The van der Waals surface area contributed by atoms with E-state index in [1.165, 1.54) is 5.56 Å². The number of halogens is 2. The Morgan fingerprint density at radius 2 is 1.90 bits per heavy atom. The SMILES string of the molecule is Cc1cc(Cl)ccc1C(Cl)c1ccc2c(c1)CC(C)(C)O2. The molecule has 0 spiro atoms. The van der Waals surface area contributed by atoms with Gasteiger partial charge in [-0.2, -0.15) is 0 Å². The molecule has 0 N–H and O–H groups in total. The van der Waals surface area contributed by atoms with Crippen LogP contribution in [-0.4, -0.2) is 5.60 Å². The maximum Gasteiger partial charge on any atom is 0.123 e. The molecule has 1 unspecified atom stereocenters. The van der Waals surface area contributed by atoms with Gasteiger partial charge in [-0.05, 0) is 61.2 Å². The minimum Gasteiger partial charge on any atom is -0.487 e. The van der Waals surface area contributed by atoms with Crippen LogP contribution in [0.5, 0.6) is 5.75 Å². The van der Waals surface area contributed by atoms with Crippen molar-refractivity contribution in [2.75, 3.05) is 0 Å². The molecule has 0 aliphatic carbocycles. The van der Waals surface area contributed by atoms with Crippen molar-refractivity contribution in [3.8, 4) is 5.75 Å². The van der Waals surface area contributed by atoms with Crippen LogP contribution in [0.4, 0.5) is 0 Å². The fraction of sp³-hybridized carbons (Fsp3) is 0.333. The van der Waals surface area contributed by atoms with Crippen molar-refractivity contribution in [1.29, 1.82) is 0 Å². The van der Waals surface area contributed by atoms with Crippen LogP contribution in [0.3, 0.4) is 0 Å². The average molecular weight is 321 g/mol. The maximum absolute atomic E-state index is 6.68. The molecule has 1 atom stereocenters. The van der Waals surface area contributed by atoms with Crippen molar-refractivity contribution in [3.05, 3.63) is 63.7 Å². The van der Waals surface area contributed by atoms with E-state index >= 15 is 0 Å². The molecule has 0 radical (unpaired) electrons. The van der Waals surface area contributed by atoms with Gasteiger partial charge in [-0.1, -0.05) is 29.8 Å². The Labute approximate surface area is 135 Å². The summed E-state index contributed by atoms with van der Waals surface area (Å²) in [4.78, 5) is 0. The van der Waals surface area contributed by atoms with Gasteiger partial charge in [-0.25, -0.2) is 0 Å². The molecule has 0 fully saturated rings. The Bertz CT molecular complexity index is 692. The standard InChI is InChI=1S/C18H18Cl2O/c1-11-8-14(19)5-6-15(11)17(20)12-4-7-16-13(9-12)10-18(2,3)21-16/h4-9,17H,10H2,1-3H3. The third-order valence-electron chi connectivity index (χ3n) is 3.88.